The molecule has 0 aromatic carbocycles. The van der Waals surface area contributed by atoms with Gasteiger partial charge in [0, 0.05) is 6.04 Å². The third kappa shape index (κ3) is 8.25. The zero-order chi connectivity index (χ0) is 14.8. The number of hydrogen-bond acceptors (Lipinski definition) is 3. The van der Waals surface area contributed by atoms with Gasteiger partial charge in [-0.05, 0) is 25.2 Å². The van der Waals surface area contributed by atoms with E-state index in [2.05, 4.69) is 6.92 Å². The maximum Gasteiger partial charge on any atom is 0.150 e. The zero-order valence-electron chi connectivity index (χ0n) is 13.1. The predicted molar refractivity (Wildman–Crippen MR) is 86.6 cm³/mol. The van der Waals surface area contributed by atoms with Gasteiger partial charge in [-0.2, -0.15) is 0 Å². The van der Waals surface area contributed by atoms with Crippen LogP contribution in [0.25, 0.3) is 0 Å². The highest BCUT2D eigenvalue weighted by Gasteiger charge is 2.28. The molecular weight excluding hydrogens is 270 g/mol. The van der Waals surface area contributed by atoms with Gasteiger partial charge in [-0.15, -0.1) is 0 Å². The maximum atomic E-state index is 11.4. The van der Waals surface area contributed by atoms with Crippen LogP contribution in [0.2, 0.25) is 0 Å². The Balaban J connectivity index is 1.94. The van der Waals surface area contributed by atoms with Crippen LogP contribution in [0.4, 0.5) is 0 Å². The van der Waals surface area contributed by atoms with E-state index >= 15 is 0 Å². The van der Waals surface area contributed by atoms with Crippen molar-refractivity contribution in [1.82, 2.24) is 0 Å². The van der Waals surface area contributed by atoms with Crippen LogP contribution in [0.5, 0.6) is 0 Å². The van der Waals surface area contributed by atoms with Crippen LogP contribution in [-0.4, -0.2) is 26.0 Å². The summed E-state index contributed by atoms with van der Waals surface area (Å²) in [6.45, 7) is 2.25. The minimum absolute atomic E-state index is 0.202. The second-order valence-corrected chi connectivity index (χ2v) is 8.76. The Bertz CT molecular complexity index is 340. The number of rotatable bonds is 11. The van der Waals surface area contributed by atoms with Gasteiger partial charge in [0.25, 0.3) is 0 Å². The van der Waals surface area contributed by atoms with Crippen molar-refractivity contribution in [1.29, 1.82) is 0 Å². The van der Waals surface area contributed by atoms with Gasteiger partial charge in [0.1, 0.15) is 0 Å². The lowest BCUT2D eigenvalue weighted by Gasteiger charge is -2.15. The van der Waals surface area contributed by atoms with Gasteiger partial charge in [-0.1, -0.05) is 58.3 Å². The van der Waals surface area contributed by atoms with E-state index in [0.717, 1.165) is 19.3 Å². The van der Waals surface area contributed by atoms with Crippen LogP contribution in [0.3, 0.4) is 0 Å². The first-order valence-corrected chi connectivity index (χ1v) is 10.3. The van der Waals surface area contributed by atoms with E-state index in [1.807, 2.05) is 0 Å². The average Bonchev–Trinajstić information content (AvgIpc) is 2.72. The molecule has 120 valence electrons. The largest absolute Gasteiger partial charge is 0.328 e. The molecule has 0 bridgehead atoms. The quantitative estimate of drug-likeness (QED) is 0.592. The van der Waals surface area contributed by atoms with Crippen LogP contribution in [0.1, 0.15) is 77.6 Å². The lowest BCUT2D eigenvalue weighted by Crippen LogP contribution is -2.24. The molecule has 2 unspecified atom stereocenters. The van der Waals surface area contributed by atoms with Crippen LogP contribution in [0.15, 0.2) is 0 Å². The topological polar surface area (TPSA) is 60.2 Å². The zero-order valence-corrected chi connectivity index (χ0v) is 14.0. The molecule has 20 heavy (non-hydrogen) atoms. The molecule has 1 heterocycles. The van der Waals surface area contributed by atoms with Gasteiger partial charge in [0.05, 0.1) is 11.5 Å². The Kier molecular flexibility index (Phi) is 8.78. The standard InChI is InChI=1S/C16H33NO2S/c1-2-3-4-5-6-7-8-9-10-16(17)13-15-11-12-20(18,19)14-15/h15-16H,2-14,17H2,1H3. The summed E-state index contributed by atoms with van der Waals surface area (Å²) in [7, 11) is -2.74. The van der Waals surface area contributed by atoms with E-state index in [1.165, 1.54) is 51.4 Å². The number of hydrogen-bond donors (Lipinski definition) is 1. The van der Waals surface area contributed by atoms with Crippen LogP contribution >= 0.6 is 0 Å². The van der Waals surface area contributed by atoms with Crippen LogP contribution < -0.4 is 5.73 Å². The predicted octanol–water partition coefficient (Wildman–Crippen LogP) is 3.67. The second kappa shape index (κ2) is 9.78. The molecule has 0 radical (unpaired) electrons. The second-order valence-electron chi connectivity index (χ2n) is 6.53. The lowest BCUT2D eigenvalue weighted by molar-refractivity contribution is 0.435. The van der Waals surface area contributed by atoms with Gasteiger partial charge in [-0.3, -0.25) is 0 Å². The summed E-state index contributed by atoms with van der Waals surface area (Å²) in [5, 5.41) is 0. The Morgan fingerprint density at radius 3 is 2.20 bits per heavy atom. The molecule has 0 aliphatic carbocycles. The fourth-order valence-corrected chi connectivity index (χ4v) is 5.02. The van der Waals surface area contributed by atoms with Crippen molar-refractivity contribution in [3.63, 3.8) is 0 Å². The monoisotopic (exact) mass is 303 g/mol. The Morgan fingerprint density at radius 1 is 1.05 bits per heavy atom. The molecule has 1 saturated heterocycles. The molecule has 0 amide bonds. The van der Waals surface area contributed by atoms with E-state index < -0.39 is 9.84 Å². The van der Waals surface area contributed by atoms with Crippen molar-refractivity contribution in [2.45, 2.75) is 83.6 Å². The SMILES string of the molecule is CCCCCCCCCCC(N)CC1CCS(=O)(=O)C1. The van der Waals surface area contributed by atoms with Crippen molar-refractivity contribution in [2.75, 3.05) is 11.5 Å². The van der Waals surface area contributed by atoms with Crippen LogP contribution in [-0.2, 0) is 9.84 Å². The molecular formula is C16H33NO2S. The fraction of sp³-hybridized carbons (Fsp3) is 1.00. The fourth-order valence-electron chi connectivity index (χ4n) is 3.14. The highest BCUT2D eigenvalue weighted by atomic mass is 32.2. The highest BCUT2D eigenvalue weighted by molar-refractivity contribution is 7.91. The molecule has 1 aliphatic heterocycles. The molecule has 2 N–H and O–H groups in total. The van der Waals surface area contributed by atoms with Crippen LogP contribution in [0, 0.1) is 5.92 Å². The summed E-state index contributed by atoms with van der Waals surface area (Å²) in [4.78, 5) is 0. The minimum Gasteiger partial charge on any atom is -0.328 e. The molecule has 1 rings (SSSR count). The van der Waals surface area contributed by atoms with E-state index in [0.29, 0.717) is 17.4 Å². The summed E-state index contributed by atoms with van der Waals surface area (Å²) >= 11 is 0. The molecule has 0 saturated carbocycles. The van der Waals surface area contributed by atoms with Gasteiger partial charge in [0.15, 0.2) is 9.84 Å². The first-order chi connectivity index (χ1) is 9.53. The molecule has 3 nitrogen and oxygen atoms in total. The Morgan fingerprint density at radius 2 is 1.65 bits per heavy atom. The van der Waals surface area contributed by atoms with Crippen molar-refractivity contribution < 1.29 is 8.42 Å². The molecule has 4 heteroatoms. The van der Waals surface area contributed by atoms with E-state index in [1.54, 1.807) is 0 Å². The average molecular weight is 304 g/mol. The summed E-state index contributed by atoms with van der Waals surface area (Å²) < 4.78 is 22.8. The van der Waals surface area contributed by atoms with Crippen molar-refractivity contribution in [2.24, 2.45) is 11.7 Å². The molecule has 0 spiro atoms. The molecule has 1 fully saturated rings. The summed E-state index contributed by atoms with van der Waals surface area (Å²) in [5.74, 6) is 1.07. The van der Waals surface area contributed by atoms with E-state index in [-0.39, 0.29) is 6.04 Å². The normalized spacial score (nSPS) is 23.0. The van der Waals surface area contributed by atoms with Crippen molar-refractivity contribution in [3.05, 3.63) is 0 Å². The number of sulfone groups is 1. The summed E-state index contributed by atoms with van der Waals surface area (Å²) in [5.41, 5.74) is 6.13. The lowest BCUT2D eigenvalue weighted by atomic mass is 9.96. The molecule has 1 aliphatic rings. The van der Waals surface area contributed by atoms with Gasteiger partial charge >= 0.3 is 0 Å². The summed E-state index contributed by atoms with van der Waals surface area (Å²) in [6.07, 6.45) is 13.4. The first-order valence-electron chi connectivity index (χ1n) is 8.49. The number of unbranched alkanes of at least 4 members (excludes halogenated alkanes) is 7. The smallest absolute Gasteiger partial charge is 0.150 e. The molecule has 0 aromatic rings. The summed E-state index contributed by atoms with van der Waals surface area (Å²) in [6, 6.07) is 0.202. The highest BCUT2D eigenvalue weighted by Crippen LogP contribution is 2.23. The Hall–Kier alpha value is -0.0900. The van der Waals surface area contributed by atoms with E-state index in [4.69, 9.17) is 5.73 Å². The van der Waals surface area contributed by atoms with Gasteiger partial charge < -0.3 is 5.73 Å². The third-order valence-electron chi connectivity index (χ3n) is 4.39. The van der Waals surface area contributed by atoms with Gasteiger partial charge in [-0.25, -0.2) is 8.42 Å². The maximum absolute atomic E-state index is 11.4. The molecule has 0 aromatic heterocycles. The third-order valence-corrected chi connectivity index (χ3v) is 6.23. The minimum atomic E-state index is -2.74. The van der Waals surface area contributed by atoms with Crippen molar-refractivity contribution >= 4 is 9.84 Å². The first kappa shape index (κ1) is 18.0. The Labute approximate surface area is 125 Å². The van der Waals surface area contributed by atoms with Gasteiger partial charge in [0.2, 0.25) is 0 Å². The van der Waals surface area contributed by atoms with E-state index in [9.17, 15) is 8.42 Å². The number of nitrogens with two attached hydrogens (primary N) is 1. The van der Waals surface area contributed by atoms with Crippen molar-refractivity contribution in [3.8, 4) is 0 Å². The molecule has 2 atom stereocenters.